The number of anilines is 1. The Labute approximate surface area is 173 Å². The highest BCUT2D eigenvalue weighted by Crippen LogP contribution is 2.44. The van der Waals surface area contributed by atoms with Gasteiger partial charge in [0.15, 0.2) is 11.6 Å². The Morgan fingerprint density at radius 3 is 2.73 bits per heavy atom. The van der Waals surface area contributed by atoms with Crippen LogP contribution in [0.5, 0.6) is 5.75 Å². The number of ether oxygens (including phenoxy) is 1. The predicted octanol–water partition coefficient (Wildman–Crippen LogP) is 1.89. The molecule has 8 nitrogen and oxygen atoms in total. The first-order valence-electron chi connectivity index (χ1n) is 10.4. The van der Waals surface area contributed by atoms with Crippen molar-refractivity contribution in [2.24, 2.45) is 5.92 Å². The summed E-state index contributed by atoms with van der Waals surface area (Å²) in [5.74, 6) is 0.0251. The van der Waals surface area contributed by atoms with E-state index in [0.717, 1.165) is 19.3 Å². The molecule has 1 aromatic heterocycles. The third kappa shape index (κ3) is 3.45. The average Bonchev–Trinajstić information content (AvgIpc) is 3.51. The molecule has 9 heteroatoms. The monoisotopic (exact) mass is 415 g/mol. The first-order chi connectivity index (χ1) is 14.5. The van der Waals surface area contributed by atoms with E-state index >= 15 is 4.39 Å². The van der Waals surface area contributed by atoms with E-state index in [1.807, 2.05) is 4.90 Å². The number of hydrogen-bond donors (Lipinski definition) is 2. The van der Waals surface area contributed by atoms with E-state index in [4.69, 9.17) is 10.00 Å². The molecule has 0 spiro atoms. The summed E-state index contributed by atoms with van der Waals surface area (Å²) in [6.45, 7) is 3.99. The van der Waals surface area contributed by atoms with Crippen LogP contribution in [-0.2, 0) is 0 Å². The van der Waals surface area contributed by atoms with Crippen molar-refractivity contribution in [2.45, 2.75) is 44.7 Å². The summed E-state index contributed by atoms with van der Waals surface area (Å²) in [6.07, 6.45) is 3.05. The molecule has 0 radical (unpaired) electrons. The largest absolute Gasteiger partial charge is 0.492 e. The van der Waals surface area contributed by atoms with Crippen molar-refractivity contribution in [2.75, 3.05) is 31.6 Å². The zero-order valence-corrected chi connectivity index (χ0v) is 17.2. The number of fused-ring (bicyclic) bond motifs is 1. The molecule has 1 saturated heterocycles. The maximum atomic E-state index is 15.1. The van der Waals surface area contributed by atoms with E-state index in [1.54, 1.807) is 0 Å². The first-order valence-corrected chi connectivity index (χ1v) is 10.4. The predicted molar refractivity (Wildman–Crippen MR) is 112 cm³/mol. The number of benzene rings is 1. The number of nitrogens with zero attached hydrogens (tertiary/aromatic N) is 3. The van der Waals surface area contributed by atoms with Gasteiger partial charge in [0.05, 0.1) is 18.6 Å². The van der Waals surface area contributed by atoms with Gasteiger partial charge >= 0.3 is 5.69 Å². The quantitative estimate of drug-likeness (QED) is 0.639. The average molecular weight is 415 g/mol. The number of nitriles is 1. The molecule has 0 amide bonds. The number of halogens is 1. The number of aromatic nitrogens is 2. The lowest BCUT2D eigenvalue weighted by Gasteiger charge is -2.45. The van der Waals surface area contributed by atoms with Crippen LogP contribution < -0.4 is 26.2 Å². The summed E-state index contributed by atoms with van der Waals surface area (Å²) in [5, 5.41) is 12.3. The third-order valence-corrected chi connectivity index (χ3v) is 6.10. The van der Waals surface area contributed by atoms with Crippen LogP contribution in [0.3, 0.4) is 0 Å². The highest BCUT2D eigenvalue weighted by molar-refractivity contribution is 5.91. The Balaban J connectivity index is 1.70. The lowest BCUT2D eigenvalue weighted by molar-refractivity contribution is 0.284. The van der Waals surface area contributed by atoms with Crippen LogP contribution in [-0.4, -0.2) is 42.3 Å². The van der Waals surface area contributed by atoms with Crippen LogP contribution in [0, 0.1) is 23.1 Å². The van der Waals surface area contributed by atoms with Gasteiger partial charge in [-0.15, -0.1) is 0 Å². The molecule has 30 heavy (non-hydrogen) atoms. The molecule has 0 bridgehead atoms. The van der Waals surface area contributed by atoms with Crippen molar-refractivity contribution in [1.29, 1.82) is 5.26 Å². The molecule has 1 unspecified atom stereocenters. The van der Waals surface area contributed by atoms with Crippen LogP contribution in [0.1, 0.15) is 38.6 Å². The normalized spacial score (nSPS) is 17.6. The summed E-state index contributed by atoms with van der Waals surface area (Å²) in [7, 11) is 1.44. The molecule has 1 saturated carbocycles. The van der Waals surface area contributed by atoms with E-state index in [0.29, 0.717) is 43.2 Å². The van der Waals surface area contributed by atoms with Gasteiger partial charge in [0.2, 0.25) is 0 Å². The Morgan fingerprint density at radius 2 is 2.13 bits per heavy atom. The van der Waals surface area contributed by atoms with Gasteiger partial charge in [0, 0.05) is 44.1 Å². The van der Waals surface area contributed by atoms with Crippen molar-refractivity contribution in [3.63, 3.8) is 0 Å². The Hall–Kier alpha value is -2.86. The van der Waals surface area contributed by atoms with Gasteiger partial charge in [-0.2, -0.15) is 5.26 Å². The second kappa shape index (κ2) is 8.11. The zero-order chi connectivity index (χ0) is 21.4. The Bertz CT molecular complexity index is 1110. The minimum absolute atomic E-state index is 0.00186. The highest BCUT2D eigenvalue weighted by atomic mass is 19.1. The van der Waals surface area contributed by atoms with Gasteiger partial charge in [-0.1, -0.05) is 6.92 Å². The number of hydrogen-bond acceptors (Lipinski definition) is 6. The molecule has 160 valence electrons. The molecule has 1 aromatic carbocycles. The molecular formula is C21H26FN5O3. The van der Waals surface area contributed by atoms with Gasteiger partial charge in [-0.25, -0.2) is 9.18 Å². The number of H-pyrrole nitrogens is 1. The number of aromatic amines is 1. The van der Waals surface area contributed by atoms with Crippen LogP contribution in [0.4, 0.5) is 10.1 Å². The fourth-order valence-electron chi connectivity index (χ4n) is 4.42. The SMILES string of the molecule is CCC(NCCC#N)C1CN(c2c(F)cc3c(=O)[nH]c(=O)n(C4CC4)c3c2OC)C1. The number of rotatable bonds is 8. The van der Waals surface area contributed by atoms with Crippen molar-refractivity contribution in [3.05, 3.63) is 32.7 Å². The summed E-state index contributed by atoms with van der Waals surface area (Å²) in [6, 6.07) is 3.59. The van der Waals surface area contributed by atoms with Crippen molar-refractivity contribution in [1.82, 2.24) is 14.9 Å². The smallest absolute Gasteiger partial charge is 0.329 e. The summed E-state index contributed by atoms with van der Waals surface area (Å²) < 4.78 is 22.2. The maximum Gasteiger partial charge on any atom is 0.329 e. The van der Waals surface area contributed by atoms with Gasteiger partial charge < -0.3 is 15.0 Å². The lowest BCUT2D eigenvalue weighted by Crippen LogP contribution is -2.56. The second-order valence-electron chi connectivity index (χ2n) is 8.04. The minimum atomic E-state index is -0.607. The maximum absolute atomic E-state index is 15.1. The van der Waals surface area contributed by atoms with E-state index in [9.17, 15) is 9.59 Å². The Morgan fingerprint density at radius 1 is 1.40 bits per heavy atom. The van der Waals surface area contributed by atoms with E-state index in [2.05, 4.69) is 23.3 Å². The van der Waals surface area contributed by atoms with E-state index in [-0.39, 0.29) is 23.2 Å². The van der Waals surface area contributed by atoms with Crippen molar-refractivity contribution >= 4 is 16.6 Å². The van der Waals surface area contributed by atoms with Gasteiger partial charge in [-0.05, 0) is 25.3 Å². The fraction of sp³-hybridized carbons (Fsp3) is 0.571. The first kappa shape index (κ1) is 20.4. The summed E-state index contributed by atoms with van der Waals surface area (Å²) in [5.41, 5.74) is -0.426. The molecule has 2 N–H and O–H groups in total. The molecular weight excluding hydrogens is 389 g/mol. The molecule has 2 aromatic rings. The molecule has 1 atom stereocenters. The second-order valence-corrected chi connectivity index (χ2v) is 8.04. The topological polar surface area (TPSA) is 103 Å². The fourth-order valence-corrected chi connectivity index (χ4v) is 4.42. The van der Waals surface area contributed by atoms with Crippen molar-refractivity contribution < 1.29 is 9.13 Å². The van der Waals surface area contributed by atoms with Crippen LogP contribution in [0.25, 0.3) is 10.9 Å². The van der Waals surface area contributed by atoms with Gasteiger partial charge in [-0.3, -0.25) is 14.3 Å². The summed E-state index contributed by atoms with van der Waals surface area (Å²) in [4.78, 5) is 29.0. The standard InChI is InChI=1S/C21H26FN5O3/c1-3-16(24-8-4-7-23)12-10-26(11-12)18-15(22)9-14-17(19(18)30-2)27(13-5-6-13)21(29)25-20(14)28/h9,12-13,16,24H,3-6,8,10-11H2,1-2H3,(H,25,28,29). The number of methoxy groups -OCH3 is 1. The molecule has 1 aliphatic heterocycles. The molecule has 2 heterocycles. The van der Waals surface area contributed by atoms with E-state index in [1.165, 1.54) is 17.7 Å². The third-order valence-electron chi connectivity index (χ3n) is 6.10. The minimum Gasteiger partial charge on any atom is -0.492 e. The number of nitrogens with one attached hydrogen (secondary N) is 2. The van der Waals surface area contributed by atoms with Gasteiger partial charge in [0.1, 0.15) is 11.2 Å². The molecule has 2 aliphatic rings. The lowest BCUT2D eigenvalue weighted by atomic mass is 9.89. The van der Waals surface area contributed by atoms with Gasteiger partial charge in [0.25, 0.3) is 5.56 Å². The van der Waals surface area contributed by atoms with Crippen molar-refractivity contribution in [3.8, 4) is 11.8 Å². The van der Waals surface area contributed by atoms with Crippen LogP contribution in [0.2, 0.25) is 0 Å². The molecule has 1 aliphatic carbocycles. The summed E-state index contributed by atoms with van der Waals surface area (Å²) >= 11 is 0. The molecule has 2 fully saturated rings. The van der Waals surface area contributed by atoms with Crippen LogP contribution >= 0.6 is 0 Å². The van der Waals surface area contributed by atoms with E-state index < -0.39 is 17.1 Å². The highest BCUT2D eigenvalue weighted by Gasteiger charge is 2.37. The molecule has 4 rings (SSSR count). The zero-order valence-electron chi connectivity index (χ0n) is 17.2. The Kier molecular flexibility index (Phi) is 5.52. The van der Waals surface area contributed by atoms with Crippen LogP contribution in [0.15, 0.2) is 15.7 Å².